The molecule has 14 heavy (non-hydrogen) atoms. The van der Waals surface area contributed by atoms with E-state index < -0.39 is 0 Å². The molecule has 0 aromatic carbocycles. The molecule has 2 aromatic heterocycles. The molecule has 0 aliphatic heterocycles. The Hall–Kier alpha value is -1.16. The van der Waals surface area contributed by atoms with E-state index >= 15 is 0 Å². The SMILES string of the molecule is CCCc1nc(-c2cscc2C)n[nH]1. The largest absolute Gasteiger partial charge is 0.263 e. The van der Waals surface area contributed by atoms with Gasteiger partial charge >= 0.3 is 0 Å². The highest BCUT2D eigenvalue weighted by Gasteiger charge is 2.08. The Kier molecular flexibility index (Phi) is 2.63. The number of thiophene rings is 1. The van der Waals surface area contributed by atoms with E-state index in [4.69, 9.17) is 0 Å². The zero-order valence-electron chi connectivity index (χ0n) is 8.37. The summed E-state index contributed by atoms with van der Waals surface area (Å²) in [6, 6.07) is 0. The second-order valence-corrected chi connectivity index (χ2v) is 4.07. The van der Waals surface area contributed by atoms with Crippen molar-refractivity contribution in [2.75, 3.05) is 0 Å². The minimum Gasteiger partial charge on any atom is -0.263 e. The lowest BCUT2D eigenvalue weighted by molar-refractivity contribution is 0.841. The quantitative estimate of drug-likeness (QED) is 0.840. The number of hydrogen-bond donors (Lipinski definition) is 1. The number of aromatic nitrogens is 3. The third-order valence-electron chi connectivity index (χ3n) is 2.11. The molecule has 0 atom stereocenters. The Morgan fingerprint density at radius 1 is 1.43 bits per heavy atom. The van der Waals surface area contributed by atoms with E-state index in [2.05, 4.69) is 39.8 Å². The summed E-state index contributed by atoms with van der Waals surface area (Å²) in [5.41, 5.74) is 2.39. The molecule has 4 heteroatoms. The van der Waals surface area contributed by atoms with Crippen molar-refractivity contribution in [1.82, 2.24) is 15.2 Å². The number of nitrogens with one attached hydrogen (secondary N) is 1. The minimum absolute atomic E-state index is 0.826. The number of H-pyrrole nitrogens is 1. The maximum Gasteiger partial charge on any atom is 0.182 e. The van der Waals surface area contributed by atoms with Gasteiger partial charge in [-0.05, 0) is 24.3 Å². The van der Waals surface area contributed by atoms with Crippen LogP contribution in [-0.4, -0.2) is 15.2 Å². The molecule has 0 saturated heterocycles. The highest BCUT2D eigenvalue weighted by atomic mass is 32.1. The van der Waals surface area contributed by atoms with Crippen LogP contribution in [0.4, 0.5) is 0 Å². The average Bonchev–Trinajstić information content (AvgIpc) is 2.74. The van der Waals surface area contributed by atoms with Gasteiger partial charge in [-0.2, -0.15) is 16.4 Å². The van der Waals surface area contributed by atoms with Gasteiger partial charge in [0.15, 0.2) is 5.82 Å². The Labute approximate surface area is 87.2 Å². The fourth-order valence-electron chi connectivity index (χ4n) is 1.35. The molecule has 3 nitrogen and oxygen atoms in total. The lowest BCUT2D eigenvalue weighted by Crippen LogP contribution is -1.85. The zero-order chi connectivity index (χ0) is 9.97. The smallest absolute Gasteiger partial charge is 0.182 e. The van der Waals surface area contributed by atoms with E-state index in [1.54, 1.807) is 11.3 Å². The van der Waals surface area contributed by atoms with Crippen molar-refractivity contribution in [1.29, 1.82) is 0 Å². The average molecular weight is 207 g/mol. The van der Waals surface area contributed by atoms with Gasteiger partial charge in [-0.1, -0.05) is 6.92 Å². The van der Waals surface area contributed by atoms with E-state index in [0.717, 1.165) is 30.1 Å². The van der Waals surface area contributed by atoms with Gasteiger partial charge in [-0.15, -0.1) is 0 Å². The van der Waals surface area contributed by atoms with Gasteiger partial charge in [0, 0.05) is 17.4 Å². The van der Waals surface area contributed by atoms with Gasteiger partial charge in [-0.25, -0.2) is 4.98 Å². The Morgan fingerprint density at radius 2 is 2.29 bits per heavy atom. The standard InChI is InChI=1S/C10H13N3S/c1-3-4-9-11-10(13-12-9)8-6-14-5-7(8)2/h5-6H,3-4H2,1-2H3,(H,11,12,13). The third kappa shape index (κ3) is 1.70. The minimum atomic E-state index is 0.826. The summed E-state index contributed by atoms with van der Waals surface area (Å²) in [6.45, 7) is 4.22. The van der Waals surface area contributed by atoms with E-state index in [9.17, 15) is 0 Å². The first-order chi connectivity index (χ1) is 6.81. The van der Waals surface area contributed by atoms with Crippen molar-refractivity contribution in [3.05, 3.63) is 22.1 Å². The Morgan fingerprint density at radius 3 is 2.93 bits per heavy atom. The summed E-state index contributed by atoms with van der Waals surface area (Å²) in [5.74, 6) is 1.81. The van der Waals surface area contributed by atoms with Crippen molar-refractivity contribution < 1.29 is 0 Å². The van der Waals surface area contributed by atoms with Crippen LogP contribution in [0.3, 0.4) is 0 Å². The van der Waals surface area contributed by atoms with Crippen molar-refractivity contribution >= 4 is 11.3 Å². The second kappa shape index (κ2) is 3.92. The van der Waals surface area contributed by atoms with Crippen LogP contribution in [0.2, 0.25) is 0 Å². The Balaban J connectivity index is 2.29. The first-order valence-electron chi connectivity index (χ1n) is 4.75. The fraction of sp³-hybridized carbons (Fsp3) is 0.400. The van der Waals surface area contributed by atoms with E-state index in [0.29, 0.717) is 0 Å². The number of aromatic amines is 1. The molecule has 0 radical (unpaired) electrons. The topological polar surface area (TPSA) is 41.6 Å². The van der Waals surface area contributed by atoms with Crippen molar-refractivity contribution in [3.63, 3.8) is 0 Å². The molecular weight excluding hydrogens is 194 g/mol. The van der Waals surface area contributed by atoms with Gasteiger partial charge in [0.2, 0.25) is 0 Å². The molecule has 0 unspecified atom stereocenters. The normalized spacial score (nSPS) is 10.7. The fourth-order valence-corrected chi connectivity index (χ4v) is 2.18. The highest BCUT2D eigenvalue weighted by molar-refractivity contribution is 7.08. The second-order valence-electron chi connectivity index (χ2n) is 3.32. The number of rotatable bonds is 3. The molecule has 0 aliphatic carbocycles. The van der Waals surface area contributed by atoms with Crippen molar-refractivity contribution in [2.24, 2.45) is 0 Å². The number of hydrogen-bond acceptors (Lipinski definition) is 3. The lowest BCUT2D eigenvalue weighted by Gasteiger charge is -1.90. The molecule has 0 spiro atoms. The molecule has 0 saturated carbocycles. The molecule has 0 fully saturated rings. The van der Waals surface area contributed by atoms with Gasteiger partial charge in [-0.3, -0.25) is 5.10 Å². The molecule has 2 heterocycles. The zero-order valence-corrected chi connectivity index (χ0v) is 9.19. The molecule has 2 aromatic rings. The van der Waals surface area contributed by atoms with Crippen molar-refractivity contribution in [3.8, 4) is 11.4 Å². The monoisotopic (exact) mass is 207 g/mol. The maximum atomic E-state index is 4.44. The van der Waals surface area contributed by atoms with Crippen molar-refractivity contribution in [2.45, 2.75) is 26.7 Å². The molecule has 0 aliphatic rings. The Bertz CT molecular complexity index is 416. The van der Waals surface area contributed by atoms with Gasteiger partial charge in [0.1, 0.15) is 5.82 Å². The van der Waals surface area contributed by atoms with Crippen LogP contribution < -0.4 is 0 Å². The lowest BCUT2D eigenvalue weighted by atomic mass is 10.2. The van der Waals surface area contributed by atoms with Gasteiger partial charge < -0.3 is 0 Å². The first-order valence-corrected chi connectivity index (χ1v) is 5.70. The highest BCUT2D eigenvalue weighted by Crippen LogP contribution is 2.23. The third-order valence-corrected chi connectivity index (χ3v) is 2.98. The molecule has 74 valence electrons. The van der Waals surface area contributed by atoms with Gasteiger partial charge in [0.25, 0.3) is 0 Å². The molecule has 2 rings (SSSR count). The maximum absolute atomic E-state index is 4.44. The predicted molar refractivity (Wildman–Crippen MR) is 58.4 cm³/mol. The summed E-state index contributed by atoms with van der Waals surface area (Å²) >= 11 is 1.69. The number of aryl methyl sites for hydroxylation is 2. The first kappa shape index (κ1) is 9.40. The summed E-state index contributed by atoms with van der Waals surface area (Å²) in [4.78, 5) is 4.44. The van der Waals surface area contributed by atoms with Gasteiger partial charge in [0.05, 0.1) is 0 Å². The summed E-state index contributed by atoms with van der Waals surface area (Å²) in [7, 11) is 0. The number of nitrogens with zero attached hydrogens (tertiary/aromatic N) is 2. The van der Waals surface area contributed by atoms with E-state index in [-0.39, 0.29) is 0 Å². The molecule has 1 N–H and O–H groups in total. The summed E-state index contributed by atoms with van der Waals surface area (Å²) in [6.07, 6.45) is 2.06. The molecule has 0 amide bonds. The van der Waals surface area contributed by atoms with Crippen LogP contribution in [0.25, 0.3) is 11.4 Å². The van der Waals surface area contributed by atoms with E-state index in [1.807, 2.05) is 0 Å². The van der Waals surface area contributed by atoms with E-state index in [1.165, 1.54) is 5.56 Å². The van der Waals surface area contributed by atoms with Crippen LogP contribution in [0.1, 0.15) is 24.7 Å². The predicted octanol–water partition coefficient (Wildman–Crippen LogP) is 2.79. The summed E-state index contributed by atoms with van der Waals surface area (Å²) < 4.78 is 0. The van der Waals surface area contributed by atoms with Crippen LogP contribution in [0.5, 0.6) is 0 Å². The summed E-state index contributed by atoms with van der Waals surface area (Å²) in [5, 5.41) is 11.4. The van der Waals surface area contributed by atoms with Crippen LogP contribution in [0, 0.1) is 6.92 Å². The molecule has 0 bridgehead atoms. The van der Waals surface area contributed by atoms with Crippen LogP contribution in [-0.2, 0) is 6.42 Å². The van der Waals surface area contributed by atoms with Crippen LogP contribution in [0.15, 0.2) is 10.8 Å². The van der Waals surface area contributed by atoms with Crippen LogP contribution >= 0.6 is 11.3 Å². The molecular formula is C10H13N3S.